The topological polar surface area (TPSA) is 73.7 Å². The molecule has 1 aromatic heterocycles. The molecule has 7 nitrogen and oxygen atoms in total. The second kappa shape index (κ2) is 13.2. The van der Waals surface area contributed by atoms with Crippen molar-refractivity contribution in [3.05, 3.63) is 101 Å². The highest BCUT2D eigenvalue weighted by molar-refractivity contribution is 5.84. The van der Waals surface area contributed by atoms with Gasteiger partial charge in [0.2, 0.25) is 5.91 Å². The molecule has 7 heteroatoms. The van der Waals surface area contributed by atoms with Crippen LogP contribution in [0.15, 0.2) is 83.7 Å². The number of hydrogen-bond donors (Lipinski definition) is 0. The lowest BCUT2D eigenvalue weighted by Crippen LogP contribution is -2.42. The van der Waals surface area contributed by atoms with Crippen molar-refractivity contribution < 1.29 is 14.3 Å². The van der Waals surface area contributed by atoms with Crippen LogP contribution < -0.4 is 10.3 Å². The molecule has 1 heterocycles. The van der Waals surface area contributed by atoms with Gasteiger partial charge in [-0.2, -0.15) is 0 Å². The van der Waals surface area contributed by atoms with Gasteiger partial charge in [-0.05, 0) is 61.7 Å². The summed E-state index contributed by atoms with van der Waals surface area (Å²) in [5.41, 5.74) is 2.07. The summed E-state index contributed by atoms with van der Waals surface area (Å²) >= 11 is 0. The van der Waals surface area contributed by atoms with E-state index in [9.17, 15) is 9.59 Å². The lowest BCUT2D eigenvalue weighted by atomic mass is 9.94. The van der Waals surface area contributed by atoms with Crippen LogP contribution in [0.4, 0.5) is 0 Å². The molecule has 0 bridgehead atoms. The zero-order valence-corrected chi connectivity index (χ0v) is 23.2. The van der Waals surface area contributed by atoms with E-state index < -0.39 is 6.04 Å². The average molecular weight is 528 g/mol. The second-order valence-corrected chi connectivity index (χ2v) is 9.37. The van der Waals surface area contributed by atoms with Gasteiger partial charge in [-0.3, -0.25) is 14.2 Å². The van der Waals surface area contributed by atoms with Gasteiger partial charge in [0.1, 0.15) is 11.6 Å². The number of nitrogens with zero attached hydrogens (tertiary/aromatic N) is 3. The summed E-state index contributed by atoms with van der Waals surface area (Å²) in [6.45, 7) is 7.27. The summed E-state index contributed by atoms with van der Waals surface area (Å²) in [4.78, 5) is 35.0. The Bertz CT molecular complexity index is 1430. The van der Waals surface area contributed by atoms with Crippen molar-refractivity contribution in [2.45, 2.75) is 45.6 Å². The van der Waals surface area contributed by atoms with Crippen molar-refractivity contribution in [2.24, 2.45) is 0 Å². The van der Waals surface area contributed by atoms with E-state index in [4.69, 9.17) is 14.5 Å². The zero-order chi connectivity index (χ0) is 27.8. The molecule has 204 valence electrons. The Hall–Kier alpha value is -3.97. The van der Waals surface area contributed by atoms with Crippen LogP contribution in [0.1, 0.15) is 57.0 Å². The van der Waals surface area contributed by atoms with Crippen LogP contribution in [0.2, 0.25) is 0 Å². The largest absolute Gasteiger partial charge is 0.494 e. The van der Waals surface area contributed by atoms with Crippen molar-refractivity contribution in [1.29, 1.82) is 0 Å². The molecular weight excluding hydrogens is 490 g/mol. The fourth-order valence-electron chi connectivity index (χ4n) is 5.07. The van der Waals surface area contributed by atoms with Crippen molar-refractivity contribution in [2.75, 3.05) is 26.9 Å². The lowest BCUT2D eigenvalue weighted by Gasteiger charge is -2.34. The Kier molecular flexibility index (Phi) is 9.49. The fraction of sp³-hybridized carbons (Fsp3) is 0.344. The number of ether oxygens (including phenoxy) is 2. The molecule has 0 N–H and O–H groups in total. The van der Waals surface area contributed by atoms with Gasteiger partial charge in [0.15, 0.2) is 0 Å². The van der Waals surface area contributed by atoms with Crippen LogP contribution >= 0.6 is 0 Å². The normalized spacial score (nSPS) is 12.7. The summed E-state index contributed by atoms with van der Waals surface area (Å²) in [7, 11) is 1.63. The molecule has 0 spiro atoms. The minimum absolute atomic E-state index is 0.00625. The quantitative estimate of drug-likeness (QED) is 0.229. The van der Waals surface area contributed by atoms with Crippen LogP contribution in [0, 0.1) is 0 Å². The Balaban J connectivity index is 1.89. The molecule has 1 amide bonds. The van der Waals surface area contributed by atoms with Gasteiger partial charge < -0.3 is 14.4 Å². The van der Waals surface area contributed by atoms with Gasteiger partial charge in [0.25, 0.3) is 5.56 Å². The smallest absolute Gasteiger partial charge is 0.266 e. The van der Waals surface area contributed by atoms with Crippen LogP contribution in [-0.4, -0.2) is 47.2 Å². The number of aromatic nitrogens is 2. The van der Waals surface area contributed by atoms with E-state index >= 15 is 0 Å². The first-order chi connectivity index (χ1) is 19.0. The Morgan fingerprint density at radius 2 is 1.62 bits per heavy atom. The van der Waals surface area contributed by atoms with E-state index in [0.29, 0.717) is 55.0 Å². The molecule has 3 aromatic carbocycles. The number of amides is 1. The fourth-order valence-corrected chi connectivity index (χ4v) is 5.07. The molecule has 0 aliphatic heterocycles. The molecule has 2 atom stereocenters. The van der Waals surface area contributed by atoms with Crippen LogP contribution in [0.25, 0.3) is 16.6 Å². The van der Waals surface area contributed by atoms with Gasteiger partial charge in [-0.25, -0.2) is 4.98 Å². The van der Waals surface area contributed by atoms with E-state index in [1.165, 1.54) is 0 Å². The van der Waals surface area contributed by atoms with Gasteiger partial charge >= 0.3 is 0 Å². The molecule has 0 fully saturated rings. The predicted octanol–water partition coefficient (Wildman–Crippen LogP) is 5.90. The first-order valence-corrected chi connectivity index (χ1v) is 13.6. The van der Waals surface area contributed by atoms with E-state index in [1.54, 1.807) is 17.7 Å². The first-order valence-electron chi connectivity index (χ1n) is 13.6. The number of methoxy groups -OCH3 is 1. The maximum absolute atomic E-state index is 14.2. The molecule has 2 unspecified atom stereocenters. The molecular formula is C32H37N3O4. The van der Waals surface area contributed by atoms with Gasteiger partial charge in [0.05, 0.1) is 41.8 Å². The maximum atomic E-state index is 14.2. The molecule has 4 aromatic rings. The Morgan fingerprint density at radius 3 is 2.26 bits per heavy atom. The number of hydrogen-bond acceptors (Lipinski definition) is 5. The van der Waals surface area contributed by atoms with E-state index in [0.717, 1.165) is 11.3 Å². The van der Waals surface area contributed by atoms with Crippen molar-refractivity contribution >= 4 is 16.8 Å². The lowest BCUT2D eigenvalue weighted by molar-refractivity contribution is -0.136. The van der Waals surface area contributed by atoms with Crippen LogP contribution in [0.5, 0.6) is 5.75 Å². The van der Waals surface area contributed by atoms with E-state index in [2.05, 4.69) is 0 Å². The summed E-state index contributed by atoms with van der Waals surface area (Å²) in [5, 5.41) is 0.524. The third-order valence-electron chi connectivity index (χ3n) is 7.00. The zero-order valence-electron chi connectivity index (χ0n) is 23.2. The minimum Gasteiger partial charge on any atom is -0.494 e. The number of carbonyl (C=O) groups is 1. The second-order valence-electron chi connectivity index (χ2n) is 9.37. The van der Waals surface area contributed by atoms with Crippen LogP contribution in [-0.2, 0) is 9.53 Å². The Labute approximate surface area is 230 Å². The highest BCUT2D eigenvalue weighted by atomic mass is 16.5. The average Bonchev–Trinajstić information content (AvgIpc) is 2.97. The standard InChI is InChI=1S/C32H37N3O4/c1-5-26(23-13-9-8-10-14-23)31(36)34(21-22-38-4)29(6-2)30-33-28-16-12-11-15-27(28)32(37)35(30)24-17-19-25(20-18-24)39-7-3/h8-20,26,29H,5-7,21-22H2,1-4H3. The molecule has 0 saturated heterocycles. The summed E-state index contributed by atoms with van der Waals surface area (Å²) in [5.74, 6) is 0.927. The molecule has 0 aliphatic rings. The molecule has 4 rings (SSSR count). The van der Waals surface area contributed by atoms with Crippen molar-refractivity contribution in [3.8, 4) is 11.4 Å². The molecule has 0 saturated carbocycles. The molecule has 0 radical (unpaired) electrons. The van der Waals surface area contributed by atoms with Crippen molar-refractivity contribution in [3.63, 3.8) is 0 Å². The van der Waals surface area contributed by atoms with Crippen LogP contribution in [0.3, 0.4) is 0 Å². The Morgan fingerprint density at radius 1 is 0.923 bits per heavy atom. The van der Waals surface area contributed by atoms with Gasteiger partial charge in [-0.15, -0.1) is 0 Å². The predicted molar refractivity (Wildman–Crippen MR) is 155 cm³/mol. The first kappa shape index (κ1) is 28.0. The number of rotatable bonds is 12. The summed E-state index contributed by atoms with van der Waals surface area (Å²) in [6, 6.07) is 24.2. The number of benzene rings is 3. The van der Waals surface area contributed by atoms with E-state index in [-0.39, 0.29) is 17.4 Å². The molecule has 39 heavy (non-hydrogen) atoms. The third-order valence-corrected chi connectivity index (χ3v) is 7.00. The maximum Gasteiger partial charge on any atom is 0.266 e. The third kappa shape index (κ3) is 6.04. The number of para-hydroxylation sites is 1. The molecule has 0 aliphatic carbocycles. The van der Waals surface area contributed by atoms with Gasteiger partial charge in [0, 0.05) is 13.7 Å². The van der Waals surface area contributed by atoms with Gasteiger partial charge in [-0.1, -0.05) is 56.3 Å². The number of carbonyl (C=O) groups excluding carboxylic acids is 1. The summed E-state index contributed by atoms with van der Waals surface area (Å²) < 4.78 is 12.7. The van der Waals surface area contributed by atoms with Crippen molar-refractivity contribution in [1.82, 2.24) is 14.5 Å². The van der Waals surface area contributed by atoms with E-state index in [1.807, 2.05) is 98.5 Å². The minimum atomic E-state index is -0.450. The summed E-state index contributed by atoms with van der Waals surface area (Å²) in [6.07, 6.45) is 1.22. The highest BCUT2D eigenvalue weighted by Gasteiger charge is 2.33. The highest BCUT2D eigenvalue weighted by Crippen LogP contribution is 2.31. The SMILES string of the molecule is CCOc1ccc(-n2c(C(CC)N(CCOC)C(=O)C(CC)c3ccccc3)nc3ccccc3c2=O)cc1. The number of fused-ring (bicyclic) bond motifs is 1. The monoisotopic (exact) mass is 527 g/mol.